The Bertz CT molecular complexity index is 183. The fourth-order valence-electron chi connectivity index (χ4n) is 0.442. The standard InChI is InChI=1S/C8H14N2O/c1-6(2)5-10-7(3)8(11)9-4/h5-6H,3H2,1-2,4H3,(H,9,11). The van der Waals surface area contributed by atoms with Crippen LogP contribution >= 0.6 is 0 Å². The predicted octanol–water partition coefficient (Wildman–Crippen LogP) is 0.973. The second kappa shape index (κ2) is 4.66. The van der Waals surface area contributed by atoms with Crippen LogP contribution in [0.15, 0.2) is 17.3 Å². The SMILES string of the molecule is C=C(N=CC(C)C)C(=O)NC. The molecule has 1 N–H and O–H groups in total. The smallest absolute Gasteiger partial charge is 0.268 e. The third-order valence-electron chi connectivity index (χ3n) is 1.02. The van der Waals surface area contributed by atoms with Crippen LogP contribution in [0.5, 0.6) is 0 Å². The van der Waals surface area contributed by atoms with Crippen LogP contribution in [0.3, 0.4) is 0 Å². The average Bonchev–Trinajstić information content (AvgIpc) is 1.98. The van der Waals surface area contributed by atoms with Gasteiger partial charge in [-0.1, -0.05) is 20.4 Å². The largest absolute Gasteiger partial charge is 0.354 e. The number of nitrogens with one attached hydrogen (secondary N) is 1. The lowest BCUT2D eigenvalue weighted by molar-refractivity contribution is -0.117. The van der Waals surface area contributed by atoms with Gasteiger partial charge in [-0.15, -0.1) is 0 Å². The Morgan fingerprint density at radius 2 is 2.18 bits per heavy atom. The third kappa shape index (κ3) is 4.31. The normalized spacial score (nSPS) is 10.5. The number of hydrogen-bond acceptors (Lipinski definition) is 2. The first-order valence-corrected chi connectivity index (χ1v) is 3.53. The van der Waals surface area contributed by atoms with Crippen LogP contribution in [-0.2, 0) is 4.79 Å². The van der Waals surface area contributed by atoms with E-state index in [0.717, 1.165) is 0 Å². The van der Waals surface area contributed by atoms with E-state index in [-0.39, 0.29) is 11.6 Å². The number of likely N-dealkylation sites (N-methyl/N-ethyl adjacent to an activating group) is 1. The van der Waals surface area contributed by atoms with Crippen LogP contribution in [0.1, 0.15) is 13.8 Å². The number of rotatable bonds is 3. The van der Waals surface area contributed by atoms with E-state index < -0.39 is 0 Å². The van der Waals surface area contributed by atoms with Crippen molar-refractivity contribution in [1.29, 1.82) is 0 Å². The van der Waals surface area contributed by atoms with Crippen molar-refractivity contribution >= 4 is 12.1 Å². The van der Waals surface area contributed by atoms with Crippen molar-refractivity contribution in [3.05, 3.63) is 12.3 Å². The minimum absolute atomic E-state index is 0.234. The molecule has 62 valence electrons. The van der Waals surface area contributed by atoms with Gasteiger partial charge in [-0.2, -0.15) is 0 Å². The lowest BCUT2D eigenvalue weighted by Gasteiger charge is -1.97. The molecule has 0 radical (unpaired) electrons. The molecule has 1 amide bonds. The maximum absolute atomic E-state index is 10.8. The minimum Gasteiger partial charge on any atom is -0.354 e. The predicted molar refractivity (Wildman–Crippen MR) is 46.5 cm³/mol. The van der Waals surface area contributed by atoms with E-state index >= 15 is 0 Å². The van der Waals surface area contributed by atoms with Gasteiger partial charge in [0.15, 0.2) is 0 Å². The van der Waals surface area contributed by atoms with Crippen molar-refractivity contribution in [2.45, 2.75) is 13.8 Å². The number of carbonyl (C=O) groups is 1. The zero-order valence-electron chi connectivity index (χ0n) is 7.22. The van der Waals surface area contributed by atoms with Crippen molar-refractivity contribution in [1.82, 2.24) is 5.32 Å². The highest BCUT2D eigenvalue weighted by atomic mass is 16.1. The van der Waals surface area contributed by atoms with Crippen LogP contribution in [0.2, 0.25) is 0 Å². The van der Waals surface area contributed by atoms with Gasteiger partial charge in [-0.25, -0.2) is 0 Å². The van der Waals surface area contributed by atoms with Gasteiger partial charge in [0.1, 0.15) is 5.70 Å². The van der Waals surface area contributed by atoms with Crippen LogP contribution in [-0.4, -0.2) is 19.2 Å². The van der Waals surface area contributed by atoms with Crippen LogP contribution in [0.25, 0.3) is 0 Å². The molecule has 0 atom stereocenters. The van der Waals surface area contributed by atoms with Crippen molar-refractivity contribution < 1.29 is 4.79 Å². The molecule has 0 aliphatic heterocycles. The quantitative estimate of drug-likeness (QED) is 0.477. The van der Waals surface area contributed by atoms with Crippen molar-refractivity contribution in [2.24, 2.45) is 10.9 Å². The molecular weight excluding hydrogens is 140 g/mol. The summed E-state index contributed by atoms with van der Waals surface area (Å²) in [5, 5.41) is 2.44. The van der Waals surface area contributed by atoms with Gasteiger partial charge < -0.3 is 5.32 Å². The molecule has 0 aromatic heterocycles. The second-order valence-electron chi connectivity index (χ2n) is 2.55. The van der Waals surface area contributed by atoms with E-state index in [1.165, 1.54) is 0 Å². The zero-order chi connectivity index (χ0) is 8.85. The van der Waals surface area contributed by atoms with Gasteiger partial charge in [-0.05, 0) is 5.92 Å². The van der Waals surface area contributed by atoms with Crippen LogP contribution < -0.4 is 5.32 Å². The molecule has 0 unspecified atom stereocenters. The Hall–Kier alpha value is -1.12. The monoisotopic (exact) mass is 154 g/mol. The molecule has 0 bridgehead atoms. The van der Waals surface area contributed by atoms with Gasteiger partial charge in [0.25, 0.3) is 5.91 Å². The fourth-order valence-corrected chi connectivity index (χ4v) is 0.442. The third-order valence-corrected chi connectivity index (χ3v) is 1.02. The highest BCUT2D eigenvalue weighted by Gasteiger charge is 1.99. The Labute approximate surface area is 67.2 Å². The molecule has 0 aromatic rings. The molecular formula is C8H14N2O. The van der Waals surface area contributed by atoms with Crippen molar-refractivity contribution in [3.63, 3.8) is 0 Å². The van der Waals surface area contributed by atoms with Crippen LogP contribution in [0, 0.1) is 5.92 Å². The second-order valence-corrected chi connectivity index (χ2v) is 2.55. The first kappa shape index (κ1) is 9.88. The minimum atomic E-state index is -0.234. The number of carbonyl (C=O) groups excluding carboxylic acids is 1. The van der Waals surface area contributed by atoms with Gasteiger partial charge in [0.05, 0.1) is 0 Å². The van der Waals surface area contributed by atoms with E-state index in [4.69, 9.17) is 0 Å². The van der Waals surface area contributed by atoms with Gasteiger partial charge >= 0.3 is 0 Å². The Morgan fingerprint density at radius 1 is 1.64 bits per heavy atom. The van der Waals surface area contributed by atoms with Crippen LogP contribution in [0.4, 0.5) is 0 Å². The number of aliphatic imine (C=N–C) groups is 1. The number of hydrogen-bond donors (Lipinski definition) is 1. The molecule has 0 saturated carbocycles. The first-order valence-electron chi connectivity index (χ1n) is 3.53. The highest BCUT2D eigenvalue weighted by molar-refractivity contribution is 5.93. The topological polar surface area (TPSA) is 41.5 Å². The summed E-state index contributed by atoms with van der Waals surface area (Å²) in [6.07, 6.45) is 1.69. The molecule has 3 heteroatoms. The first-order chi connectivity index (χ1) is 5.07. The summed E-state index contributed by atoms with van der Waals surface area (Å²) >= 11 is 0. The van der Waals surface area contributed by atoms with E-state index in [2.05, 4.69) is 16.9 Å². The summed E-state index contributed by atoms with van der Waals surface area (Å²) < 4.78 is 0. The molecule has 3 nitrogen and oxygen atoms in total. The summed E-state index contributed by atoms with van der Waals surface area (Å²) in [7, 11) is 1.55. The average molecular weight is 154 g/mol. The van der Waals surface area contributed by atoms with Crippen molar-refractivity contribution in [3.8, 4) is 0 Å². The van der Waals surface area contributed by atoms with Crippen molar-refractivity contribution in [2.75, 3.05) is 7.05 Å². The molecule has 0 aromatic carbocycles. The summed E-state index contributed by atoms with van der Waals surface area (Å²) in [6, 6.07) is 0. The lowest BCUT2D eigenvalue weighted by Crippen LogP contribution is -2.18. The molecule has 11 heavy (non-hydrogen) atoms. The zero-order valence-corrected chi connectivity index (χ0v) is 7.22. The highest BCUT2D eigenvalue weighted by Crippen LogP contribution is 1.93. The molecule has 0 aliphatic rings. The Kier molecular flexibility index (Phi) is 4.18. The summed E-state index contributed by atoms with van der Waals surface area (Å²) in [5.74, 6) is 0.110. The summed E-state index contributed by atoms with van der Waals surface area (Å²) in [6.45, 7) is 7.46. The van der Waals surface area contributed by atoms with Gasteiger partial charge in [0.2, 0.25) is 0 Å². The maximum Gasteiger partial charge on any atom is 0.268 e. The Balaban J connectivity index is 3.97. The van der Waals surface area contributed by atoms with E-state index in [1.807, 2.05) is 13.8 Å². The lowest BCUT2D eigenvalue weighted by atomic mass is 10.2. The molecule has 0 heterocycles. The molecule has 0 saturated heterocycles. The fraction of sp³-hybridized carbons (Fsp3) is 0.500. The maximum atomic E-state index is 10.8. The number of amides is 1. The molecule has 0 aliphatic carbocycles. The molecule has 0 spiro atoms. The molecule has 0 fully saturated rings. The summed E-state index contributed by atoms with van der Waals surface area (Å²) in [5.41, 5.74) is 0.251. The summed E-state index contributed by atoms with van der Waals surface area (Å²) in [4.78, 5) is 14.7. The molecule has 0 rings (SSSR count). The van der Waals surface area contributed by atoms with E-state index in [9.17, 15) is 4.79 Å². The Morgan fingerprint density at radius 3 is 2.55 bits per heavy atom. The van der Waals surface area contributed by atoms with E-state index in [1.54, 1.807) is 13.3 Å². The van der Waals surface area contributed by atoms with Gasteiger partial charge in [-0.3, -0.25) is 9.79 Å². The van der Waals surface area contributed by atoms with E-state index in [0.29, 0.717) is 5.92 Å². The number of nitrogens with zero attached hydrogens (tertiary/aromatic N) is 1. The van der Waals surface area contributed by atoms with Gasteiger partial charge in [0, 0.05) is 13.3 Å².